The molecule has 0 amide bonds. The van der Waals surface area contributed by atoms with Gasteiger partial charge in [-0.3, -0.25) is 4.68 Å². The zero-order valence-corrected chi connectivity index (χ0v) is 27.9. The summed E-state index contributed by atoms with van der Waals surface area (Å²) < 4.78 is 30.3. The predicted molar refractivity (Wildman–Crippen MR) is 180 cm³/mol. The highest BCUT2D eigenvalue weighted by Crippen LogP contribution is 2.38. The molecule has 0 saturated carbocycles. The summed E-state index contributed by atoms with van der Waals surface area (Å²) in [5.74, 6) is 1.10. The molecule has 47 heavy (non-hydrogen) atoms. The van der Waals surface area contributed by atoms with Gasteiger partial charge in [0.25, 0.3) is 0 Å². The van der Waals surface area contributed by atoms with Gasteiger partial charge in [-0.1, -0.05) is 43.1 Å². The van der Waals surface area contributed by atoms with E-state index in [1.165, 1.54) is 7.11 Å². The molecule has 0 radical (unpaired) electrons. The van der Waals surface area contributed by atoms with Crippen molar-refractivity contribution < 1.29 is 33.3 Å². The van der Waals surface area contributed by atoms with Gasteiger partial charge in [-0.15, -0.1) is 0 Å². The normalized spacial score (nSPS) is 12.3. The van der Waals surface area contributed by atoms with Gasteiger partial charge in [-0.05, 0) is 55.8 Å². The molecule has 10 heteroatoms. The zero-order valence-electron chi connectivity index (χ0n) is 27.1. The van der Waals surface area contributed by atoms with E-state index in [1.54, 1.807) is 44.5 Å². The van der Waals surface area contributed by atoms with E-state index in [2.05, 4.69) is 6.92 Å². The van der Waals surface area contributed by atoms with Crippen LogP contribution in [0.25, 0.3) is 17.3 Å². The van der Waals surface area contributed by atoms with E-state index in [4.69, 9.17) is 40.4 Å². The average molecular weight is 659 g/mol. The van der Waals surface area contributed by atoms with Gasteiger partial charge in [-0.2, -0.15) is 5.10 Å². The highest BCUT2D eigenvalue weighted by Gasteiger charge is 2.23. The molecule has 1 aromatic heterocycles. The van der Waals surface area contributed by atoms with Gasteiger partial charge in [0.15, 0.2) is 0 Å². The van der Waals surface area contributed by atoms with Crippen molar-refractivity contribution in [3.63, 3.8) is 0 Å². The minimum atomic E-state index is -0.446. The number of fused-ring (bicyclic) bond motifs is 1. The first kappa shape index (κ1) is 33.6. The average Bonchev–Trinajstić information content (AvgIpc) is 3.71. The number of aromatic nitrogens is 2. The van der Waals surface area contributed by atoms with E-state index in [1.807, 2.05) is 41.1 Å². The number of esters is 2. The molecule has 0 bridgehead atoms. The fraction of sp³-hybridized carbons (Fsp3) is 0.324. The molecule has 0 spiro atoms. The van der Waals surface area contributed by atoms with Crippen molar-refractivity contribution in [1.82, 2.24) is 9.78 Å². The van der Waals surface area contributed by atoms with Crippen molar-refractivity contribution in [2.75, 3.05) is 27.4 Å². The second-order valence-corrected chi connectivity index (χ2v) is 11.5. The minimum absolute atomic E-state index is 0.0984. The number of halogens is 1. The Hall–Kier alpha value is -4.76. The van der Waals surface area contributed by atoms with Crippen LogP contribution in [0.2, 0.25) is 5.02 Å². The molecule has 0 atom stereocenters. The Labute approximate surface area is 280 Å². The van der Waals surface area contributed by atoms with Gasteiger partial charge in [0.1, 0.15) is 23.9 Å². The lowest BCUT2D eigenvalue weighted by molar-refractivity contribution is -0.138. The lowest BCUT2D eigenvalue weighted by atomic mass is 9.98. The molecule has 2 heterocycles. The summed E-state index contributed by atoms with van der Waals surface area (Å²) in [4.78, 5) is 25.8. The first-order chi connectivity index (χ1) is 22.9. The Morgan fingerprint density at radius 3 is 2.64 bits per heavy atom. The largest absolute Gasteiger partial charge is 0.496 e. The first-order valence-corrected chi connectivity index (χ1v) is 16.1. The number of benzene rings is 3. The maximum absolute atomic E-state index is 13.4. The smallest absolute Gasteiger partial charge is 0.338 e. The standard InChI is InChI=1S/C37H39ClN2O7/c1-5-7-15-40-35(31-13-12-29(38)21-34(31)47-23-25-10-8-9-11-30(25)37(42)44-4)28(22-39-40)18-27(36(41)45-6-2)17-26-20-33-24(14-16-46-33)19-32(26)43-3/h8-13,18-22H,5-7,14-17,23H2,1-4H3/b27-18+. The summed E-state index contributed by atoms with van der Waals surface area (Å²) in [7, 11) is 2.97. The third-order valence-corrected chi connectivity index (χ3v) is 8.17. The van der Waals surface area contributed by atoms with Crippen LogP contribution in [-0.4, -0.2) is 49.2 Å². The van der Waals surface area contributed by atoms with Crippen LogP contribution >= 0.6 is 11.6 Å². The third-order valence-electron chi connectivity index (χ3n) is 7.94. The van der Waals surface area contributed by atoms with Gasteiger partial charge < -0.3 is 23.7 Å². The van der Waals surface area contributed by atoms with E-state index < -0.39 is 11.9 Å². The highest BCUT2D eigenvalue weighted by atomic mass is 35.5. The van der Waals surface area contributed by atoms with Crippen molar-refractivity contribution in [3.05, 3.63) is 99.2 Å². The van der Waals surface area contributed by atoms with Crippen LogP contribution in [0.1, 0.15) is 59.3 Å². The molecular formula is C37H39ClN2O7. The van der Waals surface area contributed by atoms with E-state index in [0.29, 0.717) is 51.9 Å². The number of methoxy groups -OCH3 is 2. The van der Waals surface area contributed by atoms with E-state index in [0.717, 1.165) is 47.4 Å². The second kappa shape index (κ2) is 15.7. The van der Waals surface area contributed by atoms with Crippen LogP contribution in [0, 0.1) is 0 Å². The Balaban J connectivity index is 1.58. The van der Waals surface area contributed by atoms with Crippen molar-refractivity contribution >= 4 is 29.6 Å². The van der Waals surface area contributed by atoms with Crippen molar-refractivity contribution in [1.29, 1.82) is 0 Å². The maximum atomic E-state index is 13.4. The number of rotatable bonds is 14. The zero-order chi connectivity index (χ0) is 33.3. The molecule has 0 fully saturated rings. The molecular weight excluding hydrogens is 620 g/mol. The fourth-order valence-electron chi connectivity index (χ4n) is 5.57. The summed E-state index contributed by atoms with van der Waals surface area (Å²) in [5, 5.41) is 5.22. The number of aryl methyl sites for hydroxylation is 1. The van der Waals surface area contributed by atoms with Crippen molar-refractivity contribution in [3.8, 4) is 28.5 Å². The SMILES string of the molecule is CCCCn1ncc(/C=C(\Cc2cc3c(cc2OC)CCO3)C(=O)OCC)c1-c1ccc(Cl)cc1OCc1ccccc1C(=O)OC. The Kier molecular flexibility index (Phi) is 11.2. The van der Waals surface area contributed by atoms with Crippen LogP contribution in [0.15, 0.2) is 66.4 Å². The number of unbranched alkanes of at least 4 members (excludes halogenated alkanes) is 1. The first-order valence-electron chi connectivity index (χ1n) is 15.7. The molecule has 1 aliphatic heterocycles. The van der Waals surface area contributed by atoms with Gasteiger partial charge in [0, 0.05) is 57.8 Å². The molecule has 0 N–H and O–H groups in total. The van der Waals surface area contributed by atoms with E-state index >= 15 is 0 Å². The van der Waals surface area contributed by atoms with Crippen LogP contribution in [-0.2, 0) is 40.3 Å². The number of carbonyl (C=O) groups excluding carboxylic acids is 2. The molecule has 4 aromatic rings. The molecule has 3 aromatic carbocycles. The summed E-state index contributed by atoms with van der Waals surface area (Å²) in [5.41, 5.74) is 5.62. The molecule has 5 rings (SSSR count). The highest BCUT2D eigenvalue weighted by molar-refractivity contribution is 6.30. The van der Waals surface area contributed by atoms with Gasteiger partial charge in [0.05, 0.1) is 44.9 Å². The van der Waals surface area contributed by atoms with Crippen LogP contribution in [0.3, 0.4) is 0 Å². The third kappa shape index (κ3) is 7.80. The lowest BCUT2D eigenvalue weighted by Gasteiger charge is -2.16. The monoisotopic (exact) mass is 658 g/mol. The Bertz CT molecular complexity index is 1780. The van der Waals surface area contributed by atoms with Crippen LogP contribution in [0.5, 0.6) is 17.2 Å². The fourth-order valence-corrected chi connectivity index (χ4v) is 5.73. The molecule has 0 unspecified atom stereocenters. The molecule has 1 aliphatic rings. The van der Waals surface area contributed by atoms with E-state index in [9.17, 15) is 9.59 Å². The number of nitrogens with zero attached hydrogens (tertiary/aromatic N) is 2. The van der Waals surface area contributed by atoms with Crippen LogP contribution < -0.4 is 14.2 Å². The van der Waals surface area contributed by atoms with Gasteiger partial charge in [0.2, 0.25) is 0 Å². The van der Waals surface area contributed by atoms with Gasteiger partial charge >= 0.3 is 11.9 Å². The Morgan fingerprint density at radius 2 is 1.87 bits per heavy atom. The maximum Gasteiger partial charge on any atom is 0.338 e. The summed E-state index contributed by atoms with van der Waals surface area (Å²) in [6.07, 6.45) is 6.50. The Morgan fingerprint density at radius 1 is 1.04 bits per heavy atom. The topological polar surface area (TPSA) is 98.1 Å². The van der Waals surface area contributed by atoms with Crippen LogP contribution in [0.4, 0.5) is 0 Å². The molecule has 0 aliphatic carbocycles. The number of hydrogen-bond acceptors (Lipinski definition) is 8. The summed E-state index contributed by atoms with van der Waals surface area (Å²) >= 11 is 6.48. The van der Waals surface area contributed by atoms with E-state index in [-0.39, 0.29) is 19.6 Å². The second-order valence-electron chi connectivity index (χ2n) is 11.0. The summed E-state index contributed by atoms with van der Waals surface area (Å²) in [6, 6.07) is 16.5. The minimum Gasteiger partial charge on any atom is -0.496 e. The molecule has 0 saturated heterocycles. The van der Waals surface area contributed by atoms with Crippen molar-refractivity contribution in [2.45, 2.75) is 52.7 Å². The quantitative estimate of drug-likeness (QED) is 0.101. The number of carbonyl (C=O) groups is 2. The lowest BCUT2D eigenvalue weighted by Crippen LogP contribution is -2.11. The molecule has 9 nitrogen and oxygen atoms in total. The number of ether oxygens (including phenoxy) is 5. The summed E-state index contributed by atoms with van der Waals surface area (Å²) in [6.45, 7) is 5.49. The number of hydrogen-bond donors (Lipinski definition) is 0. The molecule has 246 valence electrons. The van der Waals surface area contributed by atoms with Gasteiger partial charge in [-0.25, -0.2) is 9.59 Å². The van der Waals surface area contributed by atoms with Crippen molar-refractivity contribution in [2.24, 2.45) is 0 Å². The predicted octanol–water partition coefficient (Wildman–Crippen LogP) is 7.50.